The van der Waals surface area contributed by atoms with E-state index in [2.05, 4.69) is 24.1 Å². The van der Waals surface area contributed by atoms with E-state index in [0.717, 1.165) is 50.4 Å². The van der Waals surface area contributed by atoms with Crippen molar-refractivity contribution in [3.8, 4) is 0 Å². The molecule has 0 radical (unpaired) electrons. The minimum Gasteiger partial charge on any atom is -0.398 e. The molecule has 1 aliphatic rings. The fraction of sp³-hybridized carbons (Fsp3) is 0.480. The van der Waals surface area contributed by atoms with Crippen LogP contribution in [0.3, 0.4) is 0 Å². The van der Waals surface area contributed by atoms with Crippen LogP contribution in [0, 0.1) is 0 Å². The third-order valence-electron chi connectivity index (χ3n) is 6.34. The van der Waals surface area contributed by atoms with Crippen LogP contribution in [0.5, 0.6) is 0 Å². The second-order valence-electron chi connectivity index (χ2n) is 8.75. The summed E-state index contributed by atoms with van der Waals surface area (Å²) >= 11 is 0. The summed E-state index contributed by atoms with van der Waals surface area (Å²) in [6, 6.07) is 13.2. The number of nitrogens with zero attached hydrogens (tertiary/aromatic N) is 2. The predicted molar refractivity (Wildman–Crippen MR) is 126 cm³/mol. The number of likely N-dealkylation sites (tertiary alicyclic amines) is 1. The first-order chi connectivity index (χ1) is 15.7. The zero-order valence-electron chi connectivity index (χ0n) is 19.2. The maximum Gasteiger partial charge on any atom is 0.418 e. The average molecular weight is 463 g/mol. The van der Waals surface area contributed by atoms with Crippen LogP contribution in [0.25, 0.3) is 0 Å². The molecule has 1 atom stereocenters. The number of carbonyl (C=O) groups is 1. The summed E-state index contributed by atoms with van der Waals surface area (Å²) in [7, 11) is 0. The molecule has 0 aliphatic carbocycles. The van der Waals surface area contributed by atoms with E-state index in [0.29, 0.717) is 12.6 Å². The lowest BCUT2D eigenvalue weighted by atomic mass is 10.00. The molecule has 33 heavy (non-hydrogen) atoms. The third-order valence-corrected chi connectivity index (χ3v) is 6.34. The standard InChI is InChI=1S/C25H33F3N4O/c1-3-7-18(2)31-14-12-21(13-15-31)32(17-19-8-5-4-6-9-19)24(33)30-20-10-11-23(29)22(16-20)25(26,27)28/h4-6,8-11,16,18,21H,3,7,12-15,17,29H2,1-2H3,(H,30,33). The SMILES string of the molecule is CCCC(C)N1CCC(N(Cc2ccccc2)C(=O)Nc2ccc(N)c(C(F)(F)F)c2)CC1. The van der Waals surface area contributed by atoms with Crippen LogP contribution in [0.2, 0.25) is 0 Å². The molecule has 1 unspecified atom stereocenters. The molecular weight excluding hydrogens is 429 g/mol. The highest BCUT2D eigenvalue weighted by atomic mass is 19.4. The van der Waals surface area contributed by atoms with E-state index in [1.165, 1.54) is 12.1 Å². The molecule has 1 heterocycles. The van der Waals surface area contributed by atoms with Gasteiger partial charge in [-0.15, -0.1) is 0 Å². The Balaban J connectivity index is 1.76. The van der Waals surface area contributed by atoms with Crippen molar-refractivity contribution in [1.29, 1.82) is 0 Å². The van der Waals surface area contributed by atoms with Crippen molar-refractivity contribution in [3.05, 3.63) is 59.7 Å². The van der Waals surface area contributed by atoms with Crippen LogP contribution in [0.15, 0.2) is 48.5 Å². The molecular formula is C25H33F3N4O. The molecule has 0 saturated carbocycles. The average Bonchev–Trinajstić information content (AvgIpc) is 2.79. The van der Waals surface area contributed by atoms with Crippen LogP contribution < -0.4 is 11.1 Å². The fourth-order valence-electron chi connectivity index (χ4n) is 4.46. The Bertz CT molecular complexity index is 912. The zero-order chi connectivity index (χ0) is 24.0. The number of carbonyl (C=O) groups excluding carboxylic acids is 1. The minimum absolute atomic E-state index is 0.00570. The van der Waals surface area contributed by atoms with Crippen LogP contribution in [-0.2, 0) is 12.7 Å². The summed E-state index contributed by atoms with van der Waals surface area (Å²) in [5, 5.41) is 2.67. The summed E-state index contributed by atoms with van der Waals surface area (Å²) in [4.78, 5) is 17.5. The molecule has 2 aromatic carbocycles. The van der Waals surface area contributed by atoms with Gasteiger partial charge in [0, 0.05) is 43.1 Å². The van der Waals surface area contributed by atoms with Gasteiger partial charge in [0.15, 0.2) is 0 Å². The molecule has 2 aromatic rings. The minimum atomic E-state index is -4.59. The summed E-state index contributed by atoms with van der Waals surface area (Å²) < 4.78 is 39.8. The second kappa shape index (κ2) is 10.9. The van der Waals surface area contributed by atoms with E-state index in [-0.39, 0.29) is 17.4 Å². The van der Waals surface area contributed by atoms with Crippen molar-refractivity contribution in [1.82, 2.24) is 9.80 Å². The third kappa shape index (κ3) is 6.63. The van der Waals surface area contributed by atoms with Crippen molar-refractivity contribution in [2.24, 2.45) is 0 Å². The van der Waals surface area contributed by atoms with Gasteiger partial charge in [0.2, 0.25) is 0 Å². The fourth-order valence-corrected chi connectivity index (χ4v) is 4.46. The number of hydrogen-bond acceptors (Lipinski definition) is 3. The van der Waals surface area contributed by atoms with E-state index >= 15 is 0 Å². The Kier molecular flexibility index (Phi) is 8.24. The van der Waals surface area contributed by atoms with E-state index in [9.17, 15) is 18.0 Å². The molecule has 1 aliphatic heterocycles. The summed E-state index contributed by atoms with van der Waals surface area (Å²) in [5.41, 5.74) is 5.23. The molecule has 1 saturated heterocycles. The smallest absolute Gasteiger partial charge is 0.398 e. The van der Waals surface area contributed by atoms with E-state index < -0.39 is 17.8 Å². The summed E-state index contributed by atoms with van der Waals surface area (Å²) in [6.45, 7) is 6.59. The molecule has 5 nitrogen and oxygen atoms in total. The summed E-state index contributed by atoms with van der Waals surface area (Å²) in [5.74, 6) is 0. The quantitative estimate of drug-likeness (QED) is 0.498. The number of halogens is 3. The molecule has 2 amide bonds. The molecule has 0 spiro atoms. The molecule has 1 fully saturated rings. The Morgan fingerprint density at radius 2 is 1.85 bits per heavy atom. The molecule has 8 heteroatoms. The van der Waals surface area contributed by atoms with Gasteiger partial charge < -0.3 is 20.9 Å². The van der Waals surface area contributed by atoms with Gasteiger partial charge in [0.1, 0.15) is 0 Å². The first-order valence-electron chi connectivity index (χ1n) is 11.5. The van der Waals surface area contributed by atoms with Crippen LogP contribution in [0.1, 0.15) is 50.7 Å². The van der Waals surface area contributed by atoms with E-state index in [1.54, 1.807) is 4.90 Å². The second-order valence-corrected chi connectivity index (χ2v) is 8.75. The number of nitrogens with two attached hydrogens (primary N) is 1. The van der Waals surface area contributed by atoms with Crippen molar-refractivity contribution < 1.29 is 18.0 Å². The number of rotatable bonds is 7. The number of hydrogen-bond donors (Lipinski definition) is 2. The monoisotopic (exact) mass is 462 g/mol. The maximum atomic E-state index is 13.3. The van der Waals surface area contributed by atoms with Gasteiger partial charge in [0.05, 0.1) is 5.56 Å². The maximum absolute atomic E-state index is 13.3. The van der Waals surface area contributed by atoms with Gasteiger partial charge >= 0.3 is 12.2 Å². The van der Waals surface area contributed by atoms with Gasteiger partial charge in [-0.25, -0.2) is 4.79 Å². The lowest BCUT2D eigenvalue weighted by molar-refractivity contribution is -0.136. The largest absolute Gasteiger partial charge is 0.418 e. The van der Waals surface area contributed by atoms with Gasteiger partial charge in [-0.1, -0.05) is 43.7 Å². The van der Waals surface area contributed by atoms with Gasteiger partial charge in [-0.05, 0) is 49.9 Å². The first kappa shape index (κ1) is 24.9. The zero-order valence-corrected chi connectivity index (χ0v) is 19.2. The lowest BCUT2D eigenvalue weighted by Crippen LogP contribution is -2.50. The molecule has 0 aromatic heterocycles. The Morgan fingerprint density at radius 3 is 2.45 bits per heavy atom. The van der Waals surface area contributed by atoms with Crippen LogP contribution in [0.4, 0.5) is 29.3 Å². The van der Waals surface area contributed by atoms with E-state index in [1.807, 2.05) is 30.3 Å². The summed E-state index contributed by atoms with van der Waals surface area (Å²) in [6.07, 6.45) is -0.674. The number of piperidine rings is 1. The molecule has 180 valence electrons. The topological polar surface area (TPSA) is 61.6 Å². The number of urea groups is 1. The van der Waals surface area contributed by atoms with Crippen molar-refractivity contribution >= 4 is 17.4 Å². The number of alkyl halides is 3. The van der Waals surface area contributed by atoms with Crippen LogP contribution in [-0.4, -0.2) is 41.0 Å². The van der Waals surface area contributed by atoms with Gasteiger partial charge in [0.25, 0.3) is 0 Å². The Morgan fingerprint density at radius 1 is 1.18 bits per heavy atom. The van der Waals surface area contributed by atoms with Crippen molar-refractivity contribution in [2.45, 2.75) is 64.3 Å². The number of nitrogens with one attached hydrogen (secondary N) is 1. The lowest BCUT2D eigenvalue weighted by Gasteiger charge is -2.40. The predicted octanol–water partition coefficient (Wildman–Crippen LogP) is 5.97. The molecule has 0 bridgehead atoms. The van der Waals surface area contributed by atoms with Crippen molar-refractivity contribution in [2.75, 3.05) is 24.1 Å². The molecule has 3 rings (SSSR count). The van der Waals surface area contributed by atoms with Gasteiger partial charge in [-0.3, -0.25) is 0 Å². The van der Waals surface area contributed by atoms with E-state index in [4.69, 9.17) is 5.73 Å². The highest BCUT2D eigenvalue weighted by molar-refractivity contribution is 5.90. The number of benzene rings is 2. The highest BCUT2D eigenvalue weighted by Crippen LogP contribution is 2.35. The van der Waals surface area contributed by atoms with Crippen LogP contribution >= 0.6 is 0 Å². The normalized spacial score (nSPS) is 16.4. The first-order valence-corrected chi connectivity index (χ1v) is 11.5. The van der Waals surface area contributed by atoms with Crippen molar-refractivity contribution in [3.63, 3.8) is 0 Å². The Labute approximate surface area is 193 Å². The number of nitrogen functional groups attached to an aromatic ring is 1. The highest BCUT2D eigenvalue weighted by Gasteiger charge is 2.34. The Hall–Kier alpha value is -2.74. The number of anilines is 2. The number of amides is 2. The molecule has 3 N–H and O–H groups in total. The van der Waals surface area contributed by atoms with Gasteiger partial charge in [-0.2, -0.15) is 13.2 Å².